The molecule has 3 aliphatic carbocycles. The molecule has 31 heteroatoms. The lowest BCUT2D eigenvalue weighted by Gasteiger charge is -2.43. The fourth-order valence-electron chi connectivity index (χ4n) is 23.1. The number of aryl methyl sites for hydroxylation is 2. The standard InChI is InChI=1S/C29H49N5O3S.C28H38N4O3.C27H39N5O2.C24H39N5O3/c1-21(2)24-8-6-7-23(19-24)9-10-27-22(3)28(31-20-30-27)29(35)34-17-13-26(14-18-34)33-15-11-25(12-16-33)32(4)38(5,36)37;1-19-24(8-7-20-15-21-5-3-4-6-22(21)16-20)29-18-30-27(19)28(33)32-12-9-23(10-13-32)31-25-11-14-35-17-26(25)34-2;1-20-24(26(33)32-13-5-12-31(14-15-32)23-10-16-34-17-11-23)29-19-30-25(20)28-18-21-6-8-22(9-7-21)27(2,3)4;1-17-22(26-16-27-23(17)25-14-18-6-4-3-5-7-18)24(30)29-11-8-19(9-12-29)28-20-10-13-32-15-21(20)31-2/h20-21,23-26H,6-19H2,1-5H3;3-6,18,20,23,25-26,31H,7-17H2,1-2H3;6-9,19,23H,5,10-18H2,1-4H3,(H,28,29,30);16,18-21,28H,3-15H2,1-2H3,(H,25,26,27). The smallest absolute Gasteiger partial charge is 0.272 e. The van der Waals surface area contributed by atoms with Crippen molar-refractivity contribution in [1.82, 2.24) is 84.2 Å². The fraction of sp³-hybridized carbons (Fsp3) is 0.704. The Morgan fingerprint density at radius 2 is 0.921 bits per heavy atom. The Balaban J connectivity index is 0.000000148. The molecule has 6 unspecified atom stereocenters. The van der Waals surface area contributed by atoms with Gasteiger partial charge in [-0.25, -0.2) is 52.6 Å². The molecular formula is C108H165N19O11S. The highest BCUT2D eigenvalue weighted by Gasteiger charge is 2.39. The van der Waals surface area contributed by atoms with Crippen LogP contribution < -0.4 is 21.3 Å². The summed E-state index contributed by atoms with van der Waals surface area (Å²) in [4.78, 5) is 102. The second-order valence-corrected chi connectivity index (χ2v) is 44.9. The summed E-state index contributed by atoms with van der Waals surface area (Å²) in [6, 6.07) is 20.0. The SMILES string of the molecule is COC1COCCC1NC1CCN(C(=O)c2ncnc(CCC3Cc4ccccc4C3)c2C)CC1.COC1COCCC1NC1CCN(C(=O)c2ncnc(NCC3CCCCC3)c2C)CC1.Cc1c(CCC2CCCC(C(C)C)C2)ncnc1C(=O)N1CCC(N2CCC(N(C)S(C)(=O)=O)CC2)CC1.Cc1c(NCc2ccc(C(C)(C)C)cc2)ncnc1C(=O)N1CCCN(C2CCOCC2)CC1. The number of piperidine rings is 4. The topological polar surface area (TPSA) is 322 Å². The first-order valence-electron chi connectivity index (χ1n) is 52.9. The van der Waals surface area contributed by atoms with E-state index in [0.29, 0.717) is 90.6 Å². The lowest BCUT2D eigenvalue weighted by molar-refractivity contribution is -0.0533. The van der Waals surface area contributed by atoms with Gasteiger partial charge in [0.2, 0.25) is 10.0 Å². The summed E-state index contributed by atoms with van der Waals surface area (Å²) in [7, 11) is 2.04. The van der Waals surface area contributed by atoms with Gasteiger partial charge in [0.05, 0.1) is 31.7 Å². The summed E-state index contributed by atoms with van der Waals surface area (Å²) in [6.45, 7) is 35.1. The van der Waals surface area contributed by atoms with Gasteiger partial charge in [-0.3, -0.25) is 24.1 Å². The van der Waals surface area contributed by atoms with Crippen molar-refractivity contribution in [2.75, 3.05) is 163 Å². The van der Waals surface area contributed by atoms with E-state index < -0.39 is 10.0 Å². The van der Waals surface area contributed by atoms with Crippen molar-refractivity contribution in [3.63, 3.8) is 0 Å². The molecule has 0 spiro atoms. The maximum Gasteiger partial charge on any atom is 0.272 e. The lowest BCUT2D eigenvalue weighted by atomic mass is 9.74. The largest absolute Gasteiger partial charge is 0.381 e. The molecule has 6 atom stereocenters. The molecular weight excluding hydrogens is 1770 g/mol. The first kappa shape index (κ1) is 107. The van der Waals surface area contributed by atoms with Crippen molar-refractivity contribution in [2.45, 2.75) is 309 Å². The zero-order valence-corrected chi connectivity index (χ0v) is 86.9. The average Bonchev–Trinajstić information content (AvgIpc) is 1.15. The number of hydrogen-bond acceptors (Lipinski definition) is 25. The summed E-state index contributed by atoms with van der Waals surface area (Å²) in [5.74, 6) is 5.36. The Bertz CT molecular complexity index is 4980. The Morgan fingerprint density at radius 1 is 0.468 bits per heavy atom. The van der Waals surface area contributed by atoms with Crippen molar-refractivity contribution in [3.05, 3.63) is 153 Å². The van der Waals surface area contributed by atoms with Gasteiger partial charge in [-0.15, -0.1) is 0 Å². The van der Waals surface area contributed by atoms with Crippen LogP contribution in [0.25, 0.3) is 0 Å². The number of sulfonamides is 1. The third-order valence-corrected chi connectivity index (χ3v) is 33.8. The summed E-state index contributed by atoms with van der Waals surface area (Å²) >= 11 is 0. The van der Waals surface area contributed by atoms with Gasteiger partial charge in [0.15, 0.2) is 0 Å². The van der Waals surface area contributed by atoms with Crippen molar-refractivity contribution >= 4 is 45.3 Å². The number of hydrogen-bond donors (Lipinski definition) is 4. The number of carbonyl (C=O) groups excluding carboxylic acids is 4. The van der Waals surface area contributed by atoms with Crippen molar-refractivity contribution in [1.29, 1.82) is 0 Å². The van der Waals surface area contributed by atoms with Crippen molar-refractivity contribution in [3.8, 4) is 0 Å². The van der Waals surface area contributed by atoms with Crippen LogP contribution in [0.5, 0.6) is 0 Å². The zero-order valence-electron chi connectivity index (χ0n) is 86.1. The predicted octanol–water partition coefficient (Wildman–Crippen LogP) is 14.1. The highest BCUT2D eigenvalue weighted by Crippen LogP contribution is 2.38. The lowest BCUT2D eigenvalue weighted by Crippen LogP contribution is -2.54. The monoisotopic (exact) mass is 1940 g/mol. The van der Waals surface area contributed by atoms with Crippen LogP contribution in [0.15, 0.2) is 73.8 Å². The minimum atomic E-state index is -3.15. The molecule has 6 aromatic rings. The number of likely N-dealkylation sites (tertiary alicyclic amines) is 4. The predicted molar refractivity (Wildman–Crippen MR) is 545 cm³/mol. The van der Waals surface area contributed by atoms with Gasteiger partial charge >= 0.3 is 0 Å². The molecule has 11 aliphatic rings. The van der Waals surface area contributed by atoms with E-state index in [9.17, 15) is 27.6 Å². The Kier molecular flexibility index (Phi) is 39.7. The number of aromatic nitrogens is 8. The molecule has 4 amide bonds. The van der Waals surface area contributed by atoms with Crippen LogP contribution in [0.1, 0.15) is 287 Å². The number of nitrogens with zero attached hydrogens (tertiary/aromatic N) is 15. The second-order valence-electron chi connectivity index (χ2n) is 42.9. The van der Waals surface area contributed by atoms with Gasteiger partial charge in [-0.05, 0) is 239 Å². The zero-order chi connectivity index (χ0) is 98.1. The van der Waals surface area contributed by atoms with Crippen LogP contribution in [0.3, 0.4) is 0 Å². The van der Waals surface area contributed by atoms with Crippen LogP contribution in [-0.2, 0) is 71.4 Å². The van der Waals surface area contributed by atoms with Crippen LogP contribution in [0.4, 0.5) is 11.6 Å². The number of nitrogens with one attached hydrogen (secondary N) is 4. The third kappa shape index (κ3) is 29.6. The summed E-state index contributed by atoms with van der Waals surface area (Å²) in [6.07, 6.45) is 38.4. The molecule has 2 aromatic carbocycles. The van der Waals surface area contributed by atoms with Crippen molar-refractivity contribution in [2.24, 2.45) is 29.6 Å². The van der Waals surface area contributed by atoms with E-state index in [2.05, 4.69) is 154 Å². The molecule has 139 heavy (non-hydrogen) atoms. The summed E-state index contributed by atoms with van der Waals surface area (Å²) in [5.41, 5.74) is 13.4. The molecule has 17 rings (SSSR count). The highest BCUT2D eigenvalue weighted by atomic mass is 32.2. The maximum absolute atomic E-state index is 13.5. The second kappa shape index (κ2) is 51.8. The minimum Gasteiger partial charge on any atom is -0.381 e. The van der Waals surface area contributed by atoms with E-state index in [-0.39, 0.29) is 47.3 Å². The van der Waals surface area contributed by atoms with Crippen LogP contribution in [0, 0.1) is 57.3 Å². The number of methoxy groups -OCH3 is 2. The van der Waals surface area contributed by atoms with Crippen molar-refractivity contribution < 1.29 is 51.3 Å². The van der Waals surface area contributed by atoms with Gasteiger partial charge in [-0.1, -0.05) is 122 Å². The molecule has 12 heterocycles. The normalized spacial score (nSPS) is 23.1. The third-order valence-electron chi connectivity index (χ3n) is 32.4. The molecule has 0 radical (unpaired) electrons. The molecule has 4 aromatic heterocycles. The van der Waals surface area contributed by atoms with Crippen LogP contribution in [0.2, 0.25) is 0 Å². The number of fused-ring (bicyclic) bond motifs is 1. The van der Waals surface area contributed by atoms with Crippen LogP contribution in [-0.4, -0.2) is 312 Å². The van der Waals surface area contributed by atoms with Gasteiger partial charge in [0.1, 0.15) is 59.7 Å². The molecule has 10 fully saturated rings. The first-order valence-corrected chi connectivity index (χ1v) is 54.8. The van der Waals surface area contributed by atoms with E-state index >= 15 is 0 Å². The number of amides is 4. The summed E-state index contributed by atoms with van der Waals surface area (Å²) < 4.78 is 53.0. The number of ether oxygens (including phenoxy) is 5. The summed E-state index contributed by atoms with van der Waals surface area (Å²) in [5, 5.41) is 14.4. The number of rotatable bonds is 27. The molecule has 764 valence electrons. The van der Waals surface area contributed by atoms with E-state index in [1.165, 1.54) is 103 Å². The Labute approximate surface area is 829 Å². The van der Waals surface area contributed by atoms with E-state index in [1.54, 1.807) is 33.9 Å². The average molecular weight is 1940 g/mol. The highest BCUT2D eigenvalue weighted by molar-refractivity contribution is 7.88. The quantitative estimate of drug-likeness (QED) is 0.0372. The molecule has 30 nitrogen and oxygen atoms in total. The molecule has 0 bridgehead atoms. The van der Waals surface area contributed by atoms with Gasteiger partial charge < -0.3 is 69.5 Å². The maximum atomic E-state index is 13.5. The number of carbonyl (C=O) groups is 4. The van der Waals surface area contributed by atoms with Crippen LogP contribution >= 0.6 is 0 Å². The Hall–Kier alpha value is -8.21. The number of anilines is 2. The molecule has 8 saturated heterocycles. The fourth-order valence-corrected chi connectivity index (χ4v) is 23.9. The van der Waals surface area contributed by atoms with E-state index in [4.69, 9.17) is 23.7 Å². The molecule has 8 aliphatic heterocycles. The Morgan fingerprint density at radius 3 is 1.42 bits per heavy atom. The number of benzene rings is 2. The van der Waals surface area contributed by atoms with E-state index in [1.807, 2.05) is 47.3 Å². The first-order chi connectivity index (χ1) is 67.1. The molecule has 4 N–H and O–H groups in total. The van der Waals surface area contributed by atoms with Gasteiger partial charge in [0.25, 0.3) is 23.6 Å². The van der Waals surface area contributed by atoms with E-state index in [0.717, 1.165) is 297 Å². The minimum absolute atomic E-state index is 0.00584. The molecule has 2 saturated carbocycles. The van der Waals surface area contributed by atoms with Gasteiger partial charge in [0, 0.05) is 202 Å². The van der Waals surface area contributed by atoms with Gasteiger partial charge in [-0.2, -0.15) is 0 Å².